The third-order valence-corrected chi connectivity index (χ3v) is 8.60. The van der Waals surface area contributed by atoms with Gasteiger partial charge >= 0.3 is 0 Å². The summed E-state index contributed by atoms with van der Waals surface area (Å²) in [5, 5.41) is 11.0. The molecular weight excluding hydrogens is 577 g/mol. The second-order valence-corrected chi connectivity index (χ2v) is 11.7. The van der Waals surface area contributed by atoms with Crippen molar-refractivity contribution in [2.24, 2.45) is 0 Å². The SMILES string of the molecule is C#Cc1cc2cc(c1)c1cc(C#C)cc(c1)c1cc(C#C)cc(c1)c1cc(C#C)cc(c1)c1cc(C#C)cc(c1)c1cc(C#C)cc2c1. The Kier molecular flexibility index (Phi) is 7.28. The van der Waals surface area contributed by atoms with Gasteiger partial charge in [-0.25, -0.2) is 0 Å². The third-order valence-electron chi connectivity index (χ3n) is 8.60. The molecule has 216 valence electrons. The largest absolute Gasteiger partial charge is 0.115 e. The van der Waals surface area contributed by atoms with Crippen molar-refractivity contribution >= 4 is 64.6 Å². The topological polar surface area (TPSA) is 0 Å². The molecule has 0 unspecified atom stereocenters. The van der Waals surface area contributed by atoms with Crippen molar-refractivity contribution in [3.8, 4) is 74.1 Å². The van der Waals surface area contributed by atoms with Gasteiger partial charge in [-0.1, -0.05) is 35.5 Å². The van der Waals surface area contributed by atoms with Crippen LogP contribution in [0.2, 0.25) is 0 Å². The summed E-state index contributed by atoms with van der Waals surface area (Å²) in [7, 11) is 0. The highest BCUT2D eigenvalue weighted by Gasteiger charge is 2.06. The van der Waals surface area contributed by atoms with Crippen LogP contribution in [0.4, 0.5) is 0 Å². The summed E-state index contributed by atoms with van der Waals surface area (Å²) < 4.78 is 0. The summed E-state index contributed by atoms with van der Waals surface area (Å²) >= 11 is 0. The Bertz CT molecular complexity index is 2270. The second kappa shape index (κ2) is 11.9. The van der Waals surface area contributed by atoms with Gasteiger partial charge in [0.1, 0.15) is 0 Å². The van der Waals surface area contributed by atoms with Crippen LogP contribution in [0.15, 0.2) is 109 Å². The first-order chi connectivity index (χ1) is 23.4. The Hall–Kier alpha value is -7.32. The average molecular weight is 601 g/mol. The normalized spacial score (nSPS) is 10.4. The average Bonchev–Trinajstić information content (AvgIpc) is 3.16. The molecule has 0 aromatic heterocycles. The zero-order valence-corrected chi connectivity index (χ0v) is 25.9. The second-order valence-electron chi connectivity index (χ2n) is 11.7. The third kappa shape index (κ3) is 5.42. The first-order valence-electron chi connectivity index (χ1n) is 15.1. The molecule has 0 nitrogen and oxygen atoms in total. The van der Waals surface area contributed by atoms with Crippen molar-refractivity contribution in [3.05, 3.63) is 143 Å². The Morgan fingerprint density at radius 3 is 0.375 bits per heavy atom. The van der Waals surface area contributed by atoms with Crippen LogP contribution >= 0.6 is 0 Å². The summed E-state index contributed by atoms with van der Waals surface area (Å²) in [5.74, 6) is 17.0. The number of fused-ring (bicyclic) bond motifs is 18. The van der Waals surface area contributed by atoms with Gasteiger partial charge in [0.2, 0.25) is 0 Å². The molecule has 7 aromatic rings. The highest BCUT2D eigenvalue weighted by Crippen LogP contribution is 2.30. The molecule has 0 amide bonds. The van der Waals surface area contributed by atoms with Crippen LogP contribution in [-0.4, -0.2) is 0 Å². The maximum atomic E-state index is 6.00. The van der Waals surface area contributed by atoms with Gasteiger partial charge < -0.3 is 0 Å². The molecule has 0 heteroatoms. The Morgan fingerprint density at radius 1 is 0.188 bits per heavy atom. The first-order valence-corrected chi connectivity index (χ1v) is 15.1. The van der Waals surface area contributed by atoms with Crippen LogP contribution in [0.5, 0.6) is 0 Å². The van der Waals surface area contributed by atoms with Crippen molar-refractivity contribution in [1.29, 1.82) is 0 Å². The van der Waals surface area contributed by atoms with E-state index < -0.39 is 0 Å². The van der Waals surface area contributed by atoms with Gasteiger partial charge in [-0.3, -0.25) is 0 Å². The molecule has 0 saturated carbocycles. The fourth-order valence-corrected chi connectivity index (χ4v) is 6.27. The molecule has 0 heterocycles. The summed E-state index contributed by atoms with van der Waals surface area (Å²) in [6, 6.07) is 36.6. The maximum absolute atomic E-state index is 6.00. The Labute approximate surface area is 280 Å². The van der Waals surface area contributed by atoms with Crippen molar-refractivity contribution in [3.63, 3.8) is 0 Å². The summed E-state index contributed by atoms with van der Waals surface area (Å²) in [4.78, 5) is 0. The summed E-state index contributed by atoms with van der Waals surface area (Å²) in [6.07, 6.45) is 36.0. The lowest BCUT2D eigenvalue weighted by Crippen LogP contribution is -1.84. The number of benzene rings is 6. The van der Waals surface area contributed by atoms with E-state index in [1.165, 1.54) is 0 Å². The predicted molar refractivity (Wildman–Crippen MR) is 206 cm³/mol. The van der Waals surface area contributed by atoms with Crippen molar-refractivity contribution in [1.82, 2.24) is 0 Å². The zero-order chi connectivity index (χ0) is 33.4. The van der Waals surface area contributed by atoms with Crippen LogP contribution < -0.4 is 0 Å². The molecule has 0 fully saturated rings. The van der Waals surface area contributed by atoms with Gasteiger partial charge in [-0.05, 0) is 174 Å². The number of hydrogen-bond donors (Lipinski definition) is 0. The van der Waals surface area contributed by atoms with Gasteiger partial charge in [0.05, 0.1) is 0 Å². The summed E-state index contributed by atoms with van der Waals surface area (Å²) in [5.41, 5.74) is 4.38. The Morgan fingerprint density at radius 2 is 0.292 bits per heavy atom. The molecule has 0 N–H and O–H groups in total. The van der Waals surface area contributed by atoms with Crippen LogP contribution in [0, 0.1) is 74.1 Å². The fraction of sp³-hybridized carbons (Fsp3) is 0. The molecule has 0 spiro atoms. The van der Waals surface area contributed by atoms with E-state index in [1.54, 1.807) is 0 Å². The number of rotatable bonds is 0. The predicted octanol–water partition coefficient (Wildman–Crippen LogP) is 10.2. The minimum atomic E-state index is 0.730. The smallest absolute Gasteiger partial charge is 0.0254 e. The molecule has 7 aromatic carbocycles. The van der Waals surface area contributed by atoms with E-state index in [2.05, 4.69) is 71.9 Å². The molecule has 0 aliphatic rings. The molecule has 0 radical (unpaired) electrons. The highest BCUT2D eigenvalue weighted by molar-refractivity contribution is 6.03. The molecule has 7 rings (SSSR count). The van der Waals surface area contributed by atoms with E-state index in [-0.39, 0.29) is 0 Å². The van der Waals surface area contributed by atoms with Gasteiger partial charge in [-0.2, -0.15) is 0 Å². The van der Waals surface area contributed by atoms with Crippen LogP contribution in [0.3, 0.4) is 0 Å². The maximum Gasteiger partial charge on any atom is 0.0254 e. The van der Waals surface area contributed by atoms with Crippen molar-refractivity contribution in [2.45, 2.75) is 0 Å². The first kappa shape index (κ1) is 29.4. The van der Waals surface area contributed by atoms with E-state index in [0.717, 1.165) is 98.0 Å². The van der Waals surface area contributed by atoms with E-state index in [9.17, 15) is 0 Å². The monoisotopic (exact) mass is 600 g/mol. The summed E-state index contributed by atoms with van der Waals surface area (Å²) in [6.45, 7) is 0. The van der Waals surface area contributed by atoms with Crippen LogP contribution in [0.25, 0.3) is 64.6 Å². The van der Waals surface area contributed by atoms with E-state index in [1.807, 2.05) is 72.8 Å². The van der Waals surface area contributed by atoms with Crippen LogP contribution in [0.1, 0.15) is 33.4 Å². The zero-order valence-electron chi connectivity index (χ0n) is 25.9. The van der Waals surface area contributed by atoms with Gasteiger partial charge in [0.15, 0.2) is 0 Å². The molecular formula is C48H24. The molecule has 0 saturated heterocycles. The lowest BCUT2D eigenvalue weighted by atomic mass is 9.97. The minimum absolute atomic E-state index is 0.730. The standard InChI is InChI=1S/C48H24/c1-7-31-13-37-25-38(14-31)40-16-33(9-3)18-42(27-40)44-20-35(11-5)22-46(29-44)48-24-36(12-6)23-47(30-48)45-21-34(10-4)19-43(28-45)41-17-32(8-2)15-39(37)26-41/h1-6,13-30H. The van der Waals surface area contributed by atoms with E-state index >= 15 is 0 Å². The van der Waals surface area contributed by atoms with Crippen molar-refractivity contribution < 1.29 is 0 Å². The number of hydrogen-bond acceptors (Lipinski definition) is 0. The van der Waals surface area contributed by atoms with Gasteiger partial charge in [0, 0.05) is 33.4 Å². The molecule has 12 bridgehead atoms. The van der Waals surface area contributed by atoms with Crippen molar-refractivity contribution in [2.75, 3.05) is 0 Å². The van der Waals surface area contributed by atoms with Gasteiger partial charge in [0.25, 0.3) is 0 Å². The fourth-order valence-electron chi connectivity index (χ4n) is 6.27. The van der Waals surface area contributed by atoms with E-state index in [0.29, 0.717) is 0 Å². The van der Waals surface area contributed by atoms with E-state index in [4.69, 9.17) is 38.5 Å². The molecule has 0 atom stereocenters. The molecule has 0 aliphatic carbocycles. The quantitative estimate of drug-likeness (QED) is 0.152. The van der Waals surface area contributed by atoms with Gasteiger partial charge in [-0.15, -0.1) is 38.5 Å². The number of terminal acetylenes is 6. The molecule has 48 heavy (non-hydrogen) atoms. The lowest BCUT2D eigenvalue weighted by molar-refractivity contribution is 1.70. The lowest BCUT2D eigenvalue weighted by Gasteiger charge is -2.06. The minimum Gasteiger partial charge on any atom is -0.115 e. The van der Waals surface area contributed by atoms with Crippen LogP contribution in [-0.2, 0) is 0 Å². The molecule has 0 aliphatic heterocycles. The highest BCUT2D eigenvalue weighted by atomic mass is 14.1. The Balaban J connectivity index is 1.84.